The van der Waals surface area contributed by atoms with Crippen LogP contribution in [0.1, 0.15) is 13.8 Å². The first-order valence-electron chi connectivity index (χ1n) is 2.23. The van der Waals surface area contributed by atoms with Gasteiger partial charge in [0.2, 0.25) is 0 Å². The number of alkyl halides is 1. The molecule has 0 rings (SSSR count). The molecule has 0 amide bonds. The smallest absolute Gasteiger partial charge is 0.418 e. The Bertz CT molecular complexity index is 80.5. The minimum atomic E-state index is -0.415. The molecule has 8 heavy (non-hydrogen) atoms. The van der Waals surface area contributed by atoms with Gasteiger partial charge in [-0.3, -0.25) is 0 Å². The van der Waals surface area contributed by atoms with Gasteiger partial charge in [0.1, 0.15) is 5.60 Å². The summed E-state index contributed by atoms with van der Waals surface area (Å²) in [5.41, 5.74) is -0.415. The number of rotatable bonds is 3. The number of hydrogen-bond acceptors (Lipinski definition) is 2. The highest BCUT2D eigenvalue weighted by Gasteiger charge is 2.15. The topological polar surface area (TPSA) is 26.3 Å². The lowest BCUT2D eigenvalue weighted by atomic mass is 10.2. The van der Waals surface area contributed by atoms with Gasteiger partial charge in [-0.15, -0.1) is 0 Å². The lowest BCUT2D eigenvalue weighted by Crippen LogP contribution is -2.25. The van der Waals surface area contributed by atoms with Crippen molar-refractivity contribution in [2.24, 2.45) is 0 Å². The van der Waals surface area contributed by atoms with E-state index in [1.807, 2.05) is 0 Å². The van der Waals surface area contributed by atoms with Crippen molar-refractivity contribution >= 4 is 22.4 Å². The predicted octanol–water partition coefficient (Wildman–Crippen LogP) is 1.24. The minimum absolute atomic E-state index is 0.415. The largest absolute Gasteiger partial charge is 0.450 e. The zero-order valence-corrected chi connectivity index (χ0v) is 6.49. The molecular formula is C5H8BrO2. The van der Waals surface area contributed by atoms with E-state index in [4.69, 9.17) is 0 Å². The summed E-state index contributed by atoms with van der Waals surface area (Å²) >= 11 is 3.17. The van der Waals surface area contributed by atoms with Gasteiger partial charge in [-0.1, -0.05) is 15.9 Å². The fraction of sp³-hybridized carbons (Fsp3) is 0.800. The SMILES string of the molecule is CC(C)(CBr)O[C]=O. The summed E-state index contributed by atoms with van der Waals surface area (Å²) in [5.74, 6) is 0. The van der Waals surface area contributed by atoms with Crippen molar-refractivity contribution in [3.05, 3.63) is 0 Å². The van der Waals surface area contributed by atoms with Gasteiger partial charge in [0.15, 0.2) is 0 Å². The van der Waals surface area contributed by atoms with Crippen LogP contribution in [0.25, 0.3) is 0 Å². The molecule has 0 unspecified atom stereocenters. The first-order valence-corrected chi connectivity index (χ1v) is 3.35. The summed E-state index contributed by atoms with van der Waals surface area (Å²) in [5, 5.41) is 0.634. The molecule has 0 saturated carbocycles. The number of hydrogen-bond donors (Lipinski definition) is 0. The Morgan fingerprint density at radius 2 is 2.25 bits per heavy atom. The summed E-state index contributed by atoms with van der Waals surface area (Å²) in [6.45, 7) is 4.98. The van der Waals surface area contributed by atoms with Gasteiger partial charge in [0, 0.05) is 5.33 Å². The molecule has 0 N–H and O–H groups in total. The van der Waals surface area contributed by atoms with E-state index in [-0.39, 0.29) is 0 Å². The van der Waals surface area contributed by atoms with Crippen LogP contribution in [-0.2, 0) is 9.53 Å². The van der Waals surface area contributed by atoms with Crippen molar-refractivity contribution in [3.63, 3.8) is 0 Å². The molecule has 0 aliphatic rings. The van der Waals surface area contributed by atoms with E-state index in [2.05, 4.69) is 20.7 Å². The van der Waals surface area contributed by atoms with E-state index in [0.717, 1.165) is 0 Å². The summed E-state index contributed by atoms with van der Waals surface area (Å²) < 4.78 is 4.53. The van der Waals surface area contributed by atoms with Crippen LogP contribution in [0, 0.1) is 0 Å². The molecule has 0 aliphatic carbocycles. The van der Waals surface area contributed by atoms with E-state index in [9.17, 15) is 4.79 Å². The molecular weight excluding hydrogens is 172 g/mol. The van der Waals surface area contributed by atoms with Gasteiger partial charge in [-0.25, -0.2) is 4.79 Å². The summed E-state index contributed by atoms with van der Waals surface area (Å²) in [7, 11) is 0. The fourth-order valence-electron chi connectivity index (χ4n) is 0.140. The summed E-state index contributed by atoms with van der Waals surface area (Å²) in [6.07, 6.45) is 0. The monoisotopic (exact) mass is 179 g/mol. The van der Waals surface area contributed by atoms with Crippen molar-refractivity contribution < 1.29 is 9.53 Å². The summed E-state index contributed by atoms with van der Waals surface area (Å²) in [4.78, 5) is 9.61. The third-order valence-corrected chi connectivity index (χ3v) is 1.99. The zero-order valence-electron chi connectivity index (χ0n) is 4.90. The first-order chi connectivity index (χ1) is 3.62. The number of halogens is 1. The average molecular weight is 180 g/mol. The van der Waals surface area contributed by atoms with Crippen molar-refractivity contribution in [1.82, 2.24) is 0 Å². The van der Waals surface area contributed by atoms with Crippen molar-refractivity contribution in [1.29, 1.82) is 0 Å². The molecule has 2 nitrogen and oxygen atoms in total. The maximum Gasteiger partial charge on any atom is 0.418 e. The number of ether oxygens (including phenoxy) is 1. The van der Waals surface area contributed by atoms with Crippen molar-refractivity contribution in [3.8, 4) is 0 Å². The second kappa shape index (κ2) is 3.07. The second-order valence-corrected chi connectivity index (χ2v) is 2.64. The van der Waals surface area contributed by atoms with Crippen molar-refractivity contribution in [2.45, 2.75) is 19.4 Å². The molecule has 0 saturated heterocycles. The standard InChI is InChI=1S/C5H8BrO2/c1-5(2,3-6)8-4-7/h3H2,1-2H3. The highest BCUT2D eigenvalue weighted by Crippen LogP contribution is 2.09. The normalized spacial score (nSPS) is 10.9. The molecule has 3 heteroatoms. The van der Waals surface area contributed by atoms with Crippen LogP contribution < -0.4 is 0 Å². The molecule has 1 radical (unpaired) electrons. The Morgan fingerprint density at radius 3 is 2.38 bits per heavy atom. The Kier molecular flexibility index (Phi) is 3.05. The Morgan fingerprint density at radius 1 is 1.75 bits per heavy atom. The molecule has 0 atom stereocenters. The van der Waals surface area contributed by atoms with Gasteiger partial charge in [-0.2, -0.15) is 0 Å². The van der Waals surface area contributed by atoms with Gasteiger partial charge in [0.25, 0.3) is 0 Å². The number of carbonyl (C=O) groups excluding carboxylic acids is 1. The summed E-state index contributed by atoms with van der Waals surface area (Å²) in [6, 6.07) is 0. The molecule has 0 bridgehead atoms. The molecule has 0 fully saturated rings. The molecule has 0 aromatic rings. The second-order valence-electron chi connectivity index (χ2n) is 2.08. The van der Waals surface area contributed by atoms with E-state index in [1.54, 1.807) is 13.8 Å². The predicted molar refractivity (Wildman–Crippen MR) is 34.7 cm³/mol. The molecule has 0 aliphatic heterocycles. The molecule has 0 aromatic carbocycles. The maximum absolute atomic E-state index is 9.61. The van der Waals surface area contributed by atoms with E-state index >= 15 is 0 Å². The van der Waals surface area contributed by atoms with Crippen LogP contribution >= 0.6 is 15.9 Å². The van der Waals surface area contributed by atoms with Crippen molar-refractivity contribution in [2.75, 3.05) is 5.33 Å². The van der Waals surface area contributed by atoms with E-state index in [0.29, 0.717) is 5.33 Å². The first kappa shape index (κ1) is 7.95. The molecule has 0 aromatic heterocycles. The van der Waals surface area contributed by atoms with Gasteiger partial charge >= 0.3 is 6.47 Å². The molecule has 47 valence electrons. The van der Waals surface area contributed by atoms with Crippen LogP contribution in [0.4, 0.5) is 0 Å². The van der Waals surface area contributed by atoms with Gasteiger partial charge < -0.3 is 4.74 Å². The zero-order chi connectivity index (χ0) is 6.62. The lowest BCUT2D eigenvalue weighted by Gasteiger charge is -2.17. The van der Waals surface area contributed by atoms with Crippen LogP contribution in [-0.4, -0.2) is 17.4 Å². The van der Waals surface area contributed by atoms with Crippen LogP contribution in [0.5, 0.6) is 0 Å². The third kappa shape index (κ3) is 3.02. The van der Waals surface area contributed by atoms with Crippen LogP contribution in [0.3, 0.4) is 0 Å². The fourth-order valence-corrected chi connectivity index (χ4v) is 0.255. The van der Waals surface area contributed by atoms with Crippen LogP contribution in [0.2, 0.25) is 0 Å². The highest BCUT2D eigenvalue weighted by molar-refractivity contribution is 9.09. The quantitative estimate of drug-likeness (QED) is 0.610. The molecule has 0 spiro atoms. The van der Waals surface area contributed by atoms with E-state index < -0.39 is 5.60 Å². The third-order valence-electron chi connectivity index (χ3n) is 0.640. The molecule has 0 heterocycles. The lowest BCUT2D eigenvalue weighted by molar-refractivity contribution is 0.115. The highest BCUT2D eigenvalue weighted by atomic mass is 79.9. The van der Waals surface area contributed by atoms with Gasteiger partial charge in [0.05, 0.1) is 0 Å². The van der Waals surface area contributed by atoms with Crippen LogP contribution in [0.15, 0.2) is 0 Å². The van der Waals surface area contributed by atoms with Gasteiger partial charge in [-0.05, 0) is 13.8 Å². The maximum atomic E-state index is 9.61. The Balaban J connectivity index is 3.53. The Labute approximate surface area is 57.3 Å². The minimum Gasteiger partial charge on any atom is -0.450 e. The average Bonchev–Trinajstić information content (AvgIpc) is 1.67. The Hall–Kier alpha value is -0.0500. The van der Waals surface area contributed by atoms with E-state index in [1.165, 1.54) is 6.47 Å².